The SMILES string of the molecule is CCCCc1c(C(=O)OC)c(C)nc(CCC)c1C(=O)Nc1c(CC)cccc1CC. The Balaban J connectivity index is 2.70. The average Bonchev–Trinajstić information content (AvgIpc) is 2.77. The highest BCUT2D eigenvalue weighted by molar-refractivity contribution is 6.09. The van der Waals surface area contributed by atoms with E-state index in [0.29, 0.717) is 29.7 Å². The quantitative estimate of drug-likeness (QED) is 0.486. The molecule has 168 valence electrons. The van der Waals surface area contributed by atoms with Crippen LogP contribution in [0.3, 0.4) is 0 Å². The molecule has 0 saturated carbocycles. The molecule has 1 aromatic heterocycles. The highest BCUT2D eigenvalue weighted by Gasteiger charge is 2.27. The van der Waals surface area contributed by atoms with E-state index in [2.05, 4.69) is 38.0 Å². The van der Waals surface area contributed by atoms with Crippen LogP contribution < -0.4 is 5.32 Å². The summed E-state index contributed by atoms with van der Waals surface area (Å²) in [5.41, 5.74) is 6.19. The average molecular weight is 425 g/mol. The predicted octanol–water partition coefficient (Wildman–Crippen LogP) is 5.85. The van der Waals surface area contributed by atoms with Crippen molar-refractivity contribution in [3.05, 3.63) is 57.4 Å². The lowest BCUT2D eigenvalue weighted by Crippen LogP contribution is -2.23. The predicted molar refractivity (Wildman–Crippen MR) is 126 cm³/mol. The van der Waals surface area contributed by atoms with E-state index in [1.165, 1.54) is 7.11 Å². The fraction of sp³-hybridized carbons (Fsp3) is 0.500. The van der Waals surface area contributed by atoms with Gasteiger partial charge < -0.3 is 10.1 Å². The lowest BCUT2D eigenvalue weighted by molar-refractivity contribution is 0.0598. The molecule has 1 aromatic carbocycles. The number of nitrogens with zero attached hydrogens (tertiary/aromatic N) is 1. The van der Waals surface area contributed by atoms with Gasteiger partial charge in [0.2, 0.25) is 0 Å². The lowest BCUT2D eigenvalue weighted by atomic mass is 9.92. The van der Waals surface area contributed by atoms with Gasteiger partial charge >= 0.3 is 5.97 Å². The van der Waals surface area contributed by atoms with Gasteiger partial charge in [-0.1, -0.05) is 58.7 Å². The maximum Gasteiger partial charge on any atom is 0.340 e. The van der Waals surface area contributed by atoms with Crippen molar-refractivity contribution in [1.82, 2.24) is 4.98 Å². The van der Waals surface area contributed by atoms with E-state index >= 15 is 0 Å². The first-order chi connectivity index (χ1) is 14.9. The van der Waals surface area contributed by atoms with Crippen LogP contribution in [0.2, 0.25) is 0 Å². The second-order valence-corrected chi connectivity index (χ2v) is 7.83. The summed E-state index contributed by atoms with van der Waals surface area (Å²) in [5.74, 6) is -0.626. The molecule has 5 nitrogen and oxygen atoms in total. The molecule has 0 aliphatic rings. The summed E-state index contributed by atoms with van der Waals surface area (Å²) in [6, 6.07) is 6.13. The second-order valence-electron chi connectivity index (χ2n) is 7.83. The maximum atomic E-state index is 13.7. The second kappa shape index (κ2) is 11.6. The van der Waals surface area contributed by atoms with Gasteiger partial charge in [-0.25, -0.2) is 4.79 Å². The number of rotatable bonds is 10. The van der Waals surface area contributed by atoms with Gasteiger partial charge in [0.1, 0.15) is 0 Å². The monoisotopic (exact) mass is 424 g/mol. The Morgan fingerprint density at radius 2 is 1.61 bits per heavy atom. The van der Waals surface area contributed by atoms with Crippen molar-refractivity contribution in [3.8, 4) is 0 Å². The van der Waals surface area contributed by atoms with E-state index in [4.69, 9.17) is 4.74 Å². The number of hydrogen-bond donors (Lipinski definition) is 1. The van der Waals surface area contributed by atoms with Crippen molar-refractivity contribution in [1.29, 1.82) is 0 Å². The van der Waals surface area contributed by atoms with Crippen LogP contribution in [-0.2, 0) is 30.4 Å². The van der Waals surface area contributed by atoms with Gasteiger partial charge in [-0.3, -0.25) is 9.78 Å². The van der Waals surface area contributed by atoms with E-state index in [9.17, 15) is 9.59 Å². The van der Waals surface area contributed by atoms with Crippen LogP contribution in [0, 0.1) is 6.92 Å². The molecule has 0 fully saturated rings. The molecular formula is C26H36N2O3. The van der Waals surface area contributed by atoms with Crippen molar-refractivity contribution < 1.29 is 14.3 Å². The fourth-order valence-electron chi connectivity index (χ4n) is 4.07. The largest absolute Gasteiger partial charge is 0.465 e. The number of amides is 1. The van der Waals surface area contributed by atoms with Gasteiger partial charge in [0.25, 0.3) is 5.91 Å². The third-order valence-electron chi connectivity index (χ3n) is 5.68. The summed E-state index contributed by atoms with van der Waals surface area (Å²) in [5, 5.41) is 3.19. The molecule has 0 aliphatic carbocycles. The van der Waals surface area contributed by atoms with E-state index in [0.717, 1.165) is 60.2 Å². The number of hydrogen-bond acceptors (Lipinski definition) is 4. The number of para-hydroxylation sites is 1. The van der Waals surface area contributed by atoms with Crippen molar-refractivity contribution in [3.63, 3.8) is 0 Å². The molecule has 1 N–H and O–H groups in total. The van der Waals surface area contributed by atoms with Crippen LogP contribution in [0.5, 0.6) is 0 Å². The molecule has 0 aliphatic heterocycles. The van der Waals surface area contributed by atoms with Gasteiger partial charge in [0.05, 0.1) is 29.6 Å². The molecule has 1 heterocycles. The smallest absolute Gasteiger partial charge is 0.340 e. The molecule has 5 heteroatoms. The summed E-state index contributed by atoms with van der Waals surface area (Å²) < 4.78 is 5.05. The van der Waals surface area contributed by atoms with Crippen LogP contribution in [0.4, 0.5) is 5.69 Å². The molecule has 0 spiro atoms. The van der Waals surface area contributed by atoms with E-state index in [1.807, 2.05) is 25.1 Å². The van der Waals surface area contributed by atoms with Crippen molar-refractivity contribution in [2.75, 3.05) is 12.4 Å². The molecule has 0 radical (unpaired) electrons. The number of carbonyl (C=O) groups excluding carboxylic acids is 2. The lowest BCUT2D eigenvalue weighted by Gasteiger charge is -2.20. The van der Waals surface area contributed by atoms with Gasteiger partial charge in [0, 0.05) is 5.69 Å². The minimum Gasteiger partial charge on any atom is -0.465 e. The van der Waals surface area contributed by atoms with Crippen LogP contribution in [-0.4, -0.2) is 24.0 Å². The number of methoxy groups -OCH3 is 1. The first-order valence-electron chi connectivity index (χ1n) is 11.5. The summed E-state index contributed by atoms with van der Waals surface area (Å²) in [4.78, 5) is 31.0. The number of pyridine rings is 1. The Morgan fingerprint density at radius 1 is 0.968 bits per heavy atom. The topological polar surface area (TPSA) is 68.3 Å². The number of benzene rings is 1. The van der Waals surface area contributed by atoms with Crippen molar-refractivity contribution in [2.45, 2.75) is 79.6 Å². The van der Waals surface area contributed by atoms with Gasteiger partial charge in [-0.05, 0) is 55.7 Å². The third-order valence-corrected chi connectivity index (χ3v) is 5.68. The van der Waals surface area contributed by atoms with Crippen LogP contribution in [0.15, 0.2) is 18.2 Å². The number of ether oxygens (including phenoxy) is 1. The summed E-state index contributed by atoms with van der Waals surface area (Å²) >= 11 is 0. The zero-order valence-electron chi connectivity index (χ0n) is 19.9. The van der Waals surface area contributed by atoms with Crippen molar-refractivity contribution >= 4 is 17.6 Å². The number of nitrogens with one attached hydrogen (secondary N) is 1. The maximum absolute atomic E-state index is 13.7. The third kappa shape index (κ3) is 5.52. The number of carbonyl (C=O) groups is 2. The first-order valence-corrected chi connectivity index (χ1v) is 11.5. The molecule has 2 aromatic rings. The van der Waals surface area contributed by atoms with Gasteiger partial charge in [-0.15, -0.1) is 0 Å². The summed E-state index contributed by atoms with van der Waals surface area (Å²) in [6.07, 6.45) is 5.68. The number of anilines is 1. The van der Waals surface area contributed by atoms with Gasteiger partial charge in [0.15, 0.2) is 0 Å². The minimum atomic E-state index is -0.434. The summed E-state index contributed by atoms with van der Waals surface area (Å²) in [6.45, 7) is 10.2. The van der Waals surface area contributed by atoms with E-state index in [1.54, 1.807) is 0 Å². The number of aromatic nitrogens is 1. The number of aryl methyl sites for hydroxylation is 4. The van der Waals surface area contributed by atoms with E-state index < -0.39 is 5.97 Å². The Kier molecular flexibility index (Phi) is 9.22. The molecular weight excluding hydrogens is 388 g/mol. The fourth-order valence-corrected chi connectivity index (χ4v) is 4.07. The number of unbranched alkanes of at least 4 members (excludes halogenated alkanes) is 1. The molecule has 31 heavy (non-hydrogen) atoms. The Morgan fingerprint density at radius 3 is 2.13 bits per heavy atom. The Bertz CT molecular complexity index is 912. The normalized spacial score (nSPS) is 10.8. The highest BCUT2D eigenvalue weighted by Crippen LogP contribution is 2.28. The summed E-state index contributed by atoms with van der Waals surface area (Å²) in [7, 11) is 1.37. The molecule has 0 saturated heterocycles. The molecule has 0 bridgehead atoms. The molecule has 2 rings (SSSR count). The Labute approximate surface area is 186 Å². The zero-order valence-corrected chi connectivity index (χ0v) is 19.9. The van der Waals surface area contributed by atoms with Crippen LogP contribution in [0.25, 0.3) is 0 Å². The minimum absolute atomic E-state index is 0.192. The Hall–Kier alpha value is -2.69. The molecule has 1 amide bonds. The number of esters is 1. The highest BCUT2D eigenvalue weighted by atomic mass is 16.5. The molecule has 0 atom stereocenters. The zero-order chi connectivity index (χ0) is 23.0. The van der Waals surface area contributed by atoms with Crippen molar-refractivity contribution in [2.24, 2.45) is 0 Å². The molecule has 0 unspecified atom stereocenters. The first kappa shape index (κ1) is 24.6. The van der Waals surface area contributed by atoms with Crippen LogP contribution in [0.1, 0.15) is 95.8 Å². The van der Waals surface area contributed by atoms with Gasteiger partial charge in [-0.2, -0.15) is 0 Å². The van der Waals surface area contributed by atoms with E-state index in [-0.39, 0.29) is 5.91 Å². The standard InChI is InChI=1S/C26H36N2O3/c1-7-11-16-20-22(26(30)31-6)17(5)27-21(13-8-2)23(20)25(29)28-24-18(9-3)14-12-15-19(24)10-4/h12,14-15H,7-11,13,16H2,1-6H3,(H,28,29). The van der Waals surface area contributed by atoms with Crippen LogP contribution >= 0.6 is 0 Å².